The molecule has 0 aliphatic heterocycles. The van der Waals surface area contributed by atoms with Gasteiger partial charge in [0.05, 0.1) is 18.8 Å². The van der Waals surface area contributed by atoms with E-state index in [1.807, 2.05) is 7.05 Å². The number of likely N-dealkylation sites (N-methyl/N-ethyl adjacent to an activating group) is 1. The normalized spacial score (nSPS) is 17.4. The quantitative estimate of drug-likeness (QED) is 0.642. The van der Waals surface area contributed by atoms with Crippen LogP contribution in [0.3, 0.4) is 0 Å². The monoisotopic (exact) mass is 217 g/mol. The van der Waals surface area contributed by atoms with Crippen molar-refractivity contribution in [2.24, 2.45) is 0 Å². The van der Waals surface area contributed by atoms with Crippen molar-refractivity contribution in [1.29, 1.82) is 0 Å². The van der Waals surface area contributed by atoms with Crippen LogP contribution in [0, 0.1) is 0 Å². The van der Waals surface area contributed by atoms with Gasteiger partial charge in [-0.3, -0.25) is 0 Å². The molecule has 92 valence electrons. The van der Waals surface area contributed by atoms with E-state index in [2.05, 4.69) is 26.1 Å². The van der Waals surface area contributed by atoms with Gasteiger partial charge in [0.1, 0.15) is 0 Å². The van der Waals surface area contributed by atoms with Crippen LogP contribution in [0.25, 0.3) is 0 Å². The fraction of sp³-hybridized carbons (Fsp3) is 1.00. The van der Waals surface area contributed by atoms with Gasteiger partial charge in [-0.05, 0) is 26.8 Å². The first kappa shape index (κ1) is 14.9. The second-order valence-electron chi connectivity index (χ2n) is 4.03. The van der Waals surface area contributed by atoms with Gasteiger partial charge in [-0.2, -0.15) is 0 Å². The van der Waals surface area contributed by atoms with E-state index >= 15 is 0 Å². The highest BCUT2D eigenvalue weighted by atomic mass is 16.5. The fourth-order valence-electron chi connectivity index (χ4n) is 1.88. The molecule has 0 aromatic carbocycles. The van der Waals surface area contributed by atoms with E-state index in [4.69, 9.17) is 9.47 Å². The van der Waals surface area contributed by atoms with Gasteiger partial charge >= 0.3 is 0 Å². The molecule has 0 fully saturated rings. The van der Waals surface area contributed by atoms with Crippen molar-refractivity contribution in [2.75, 3.05) is 20.8 Å². The molecule has 3 nitrogen and oxygen atoms in total. The van der Waals surface area contributed by atoms with Crippen LogP contribution in [0.5, 0.6) is 0 Å². The Kier molecular flexibility index (Phi) is 9.06. The molecule has 0 radical (unpaired) electrons. The third kappa shape index (κ3) is 6.13. The van der Waals surface area contributed by atoms with Crippen LogP contribution >= 0.6 is 0 Å². The van der Waals surface area contributed by atoms with Gasteiger partial charge in [0, 0.05) is 13.2 Å². The van der Waals surface area contributed by atoms with Crippen molar-refractivity contribution in [2.45, 2.75) is 58.3 Å². The van der Waals surface area contributed by atoms with Gasteiger partial charge in [-0.15, -0.1) is 0 Å². The Balaban J connectivity index is 4.07. The molecule has 0 aromatic rings. The van der Waals surface area contributed by atoms with Crippen molar-refractivity contribution in [3.63, 3.8) is 0 Å². The minimum Gasteiger partial charge on any atom is -0.382 e. The number of methoxy groups -OCH3 is 1. The summed E-state index contributed by atoms with van der Waals surface area (Å²) in [7, 11) is 3.72. The number of nitrogens with one attached hydrogen (secondary N) is 1. The summed E-state index contributed by atoms with van der Waals surface area (Å²) in [4.78, 5) is 0. The average molecular weight is 217 g/mol. The summed E-state index contributed by atoms with van der Waals surface area (Å²) in [6.45, 7) is 7.10. The van der Waals surface area contributed by atoms with E-state index in [9.17, 15) is 0 Å². The molecule has 3 unspecified atom stereocenters. The Morgan fingerprint density at radius 3 is 2.33 bits per heavy atom. The van der Waals surface area contributed by atoms with E-state index in [-0.39, 0.29) is 6.10 Å². The van der Waals surface area contributed by atoms with Crippen molar-refractivity contribution >= 4 is 0 Å². The van der Waals surface area contributed by atoms with Gasteiger partial charge in [0.2, 0.25) is 0 Å². The molecule has 3 heteroatoms. The Hall–Kier alpha value is -0.120. The van der Waals surface area contributed by atoms with E-state index in [1.54, 1.807) is 7.11 Å². The van der Waals surface area contributed by atoms with Crippen LogP contribution in [0.2, 0.25) is 0 Å². The molecule has 0 aliphatic carbocycles. The van der Waals surface area contributed by atoms with Gasteiger partial charge in [-0.1, -0.05) is 20.3 Å². The Morgan fingerprint density at radius 2 is 1.93 bits per heavy atom. The third-order valence-corrected chi connectivity index (χ3v) is 2.63. The molecule has 0 aliphatic rings. The maximum Gasteiger partial charge on any atom is 0.0784 e. The molecule has 15 heavy (non-hydrogen) atoms. The van der Waals surface area contributed by atoms with Crippen LogP contribution in [-0.2, 0) is 9.47 Å². The van der Waals surface area contributed by atoms with Gasteiger partial charge in [0.15, 0.2) is 0 Å². The molecule has 0 rings (SSSR count). The zero-order valence-corrected chi connectivity index (χ0v) is 10.9. The fourth-order valence-corrected chi connectivity index (χ4v) is 1.88. The van der Waals surface area contributed by atoms with Crippen LogP contribution in [0.1, 0.15) is 40.0 Å². The van der Waals surface area contributed by atoms with Crippen molar-refractivity contribution in [1.82, 2.24) is 5.32 Å². The van der Waals surface area contributed by atoms with E-state index in [0.29, 0.717) is 18.8 Å². The minimum absolute atomic E-state index is 0.174. The first-order valence-corrected chi connectivity index (χ1v) is 6.01. The number of hydrogen-bond acceptors (Lipinski definition) is 3. The Labute approximate surface area is 94.5 Å². The van der Waals surface area contributed by atoms with Gasteiger partial charge in [0.25, 0.3) is 0 Å². The van der Waals surface area contributed by atoms with Gasteiger partial charge < -0.3 is 14.8 Å². The molecule has 0 spiro atoms. The molecular formula is C12H27NO2. The van der Waals surface area contributed by atoms with E-state index in [0.717, 1.165) is 12.8 Å². The Morgan fingerprint density at radius 1 is 1.27 bits per heavy atom. The lowest BCUT2D eigenvalue weighted by Gasteiger charge is -2.28. The van der Waals surface area contributed by atoms with E-state index < -0.39 is 0 Å². The van der Waals surface area contributed by atoms with Crippen LogP contribution in [0.15, 0.2) is 0 Å². The summed E-state index contributed by atoms with van der Waals surface area (Å²) in [6.07, 6.45) is 3.85. The van der Waals surface area contributed by atoms with E-state index in [1.165, 1.54) is 6.42 Å². The number of rotatable bonds is 9. The summed E-state index contributed by atoms with van der Waals surface area (Å²) in [5, 5.41) is 3.34. The lowest BCUT2D eigenvalue weighted by Crippen LogP contribution is -2.41. The number of ether oxygens (including phenoxy) is 2. The van der Waals surface area contributed by atoms with Crippen molar-refractivity contribution in [3.8, 4) is 0 Å². The smallest absolute Gasteiger partial charge is 0.0784 e. The molecular weight excluding hydrogens is 190 g/mol. The summed E-state index contributed by atoms with van der Waals surface area (Å²) < 4.78 is 11.0. The van der Waals surface area contributed by atoms with Crippen LogP contribution in [-0.4, -0.2) is 39.0 Å². The lowest BCUT2D eigenvalue weighted by molar-refractivity contribution is -0.0548. The highest BCUT2D eigenvalue weighted by Crippen LogP contribution is 2.12. The third-order valence-electron chi connectivity index (χ3n) is 2.63. The zero-order chi connectivity index (χ0) is 11.7. The largest absolute Gasteiger partial charge is 0.382 e. The standard InChI is InChI=1S/C12H27NO2/c1-6-8-11(13-4)12(7-2)15-10(3)9-14-5/h10-13H,6-9H2,1-5H3. The lowest BCUT2D eigenvalue weighted by atomic mass is 10.0. The second-order valence-corrected chi connectivity index (χ2v) is 4.03. The summed E-state index contributed by atoms with van der Waals surface area (Å²) in [5.74, 6) is 0. The molecule has 0 amide bonds. The highest BCUT2D eigenvalue weighted by Gasteiger charge is 2.20. The summed E-state index contributed by atoms with van der Waals surface area (Å²) in [6, 6.07) is 0.458. The van der Waals surface area contributed by atoms with Crippen LogP contribution < -0.4 is 5.32 Å². The molecule has 0 bridgehead atoms. The maximum absolute atomic E-state index is 5.96. The predicted octanol–water partition coefficient (Wildman–Crippen LogP) is 2.20. The van der Waals surface area contributed by atoms with Crippen molar-refractivity contribution < 1.29 is 9.47 Å². The number of hydrogen-bond donors (Lipinski definition) is 1. The maximum atomic E-state index is 5.96. The topological polar surface area (TPSA) is 30.5 Å². The molecule has 0 aromatic heterocycles. The molecule has 0 heterocycles. The highest BCUT2D eigenvalue weighted by molar-refractivity contribution is 4.75. The first-order valence-electron chi connectivity index (χ1n) is 6.01. The SMILES string of the molecule is CCCC(NC)C(CC)OC(C)COC. The Bertz CT molecular complexity index is 142. The minimum atomic E-state index is 0.174. The molecule has 3 atom stereocenters. The first-order chi connectivity index (χ1) is 7.19. The second kappa shape index (κ2) is 9.13. The zero-order valence-electron chi connectivity index (χ0n) is 10.9. The van der Waals surface area contributed by atoms with Crippen LogP contribution in [0.4, 0.5) is 0 Å². The van der Waals surface area contributed by atoms with Gasteiger partial charge in [-0.25, -0.2) is 0 Å². The predicted molar refractivity (Wildman–Crippen MR) is 64.3 cm³/mol. The van der Waals surface area contributed by atoms with Crippen molar-refractivity contribution in [3.05, 3.63) is 0 Å². The molecule has 0 saturated heterocycles. The average Bonchev–Trinajstić information content (AvgIpc) is 2.23. The molecule has 0 saturated carbocycles. The summed E-state index contributed by atoms with van der Waals surface area (Å²) >= 11 is 0. The molecule has 1 N–H and O–H groups in total. The summed E-state index contributed by atoms with van der Waals surface area (Å²) in [5.41, 5.74) is 0.